The van der Waals surface area contributed by atoms with Crippen molar-refractivity contribution in [2.75, 3.05) is 0 Å². The largest absolute Gasteiger partial charge is 0.324 e. The monoisotopic (exact) mass is 263 g/mol. The summed E-state index contributed by atoms with van der Waals surface area (Å²) >= 11 is 6.03. The highest BCUT2D eigenvalue weighted by molar-refractivity contribution is 6.32. The molecular formula is C12H16Cl2FN. The van der Waals surface area contributed by atoms with Gasteiger partial charge >= 0.3 is 0 Å². The Labute approximate surface area is 107 Å². The van der Waals surface area contributed by atoms with Gasteiger partial charge in [-0.2, -0.15) is 0 Å². The quantitative estimate of drug-likeness (QED) is 0.814. The zero-order valence-electron chi connectivity index (χ0n) is 9.39. The Kier molecular flexibility index (Phi) is 6.01. The average Bonchev–Trinajstić information content (AvgIpc) is 2.11. The Morgan fingerprint density at radius 1 is 1.56 bits per heavy atom. The fourth-order valence-electron chi connectivity index (χ4n) is 1.50. The van der Waals surface area contributed by atoms with E-state index in [2.05, 4.69) is 6.58 Å². The Hall–Kier alpha value is -0.570. The Bertz CT molecular complexity index is 391. The number of hydrogen-bond acceptors (Lipinski definition) is 1. The first kappa shape index (κ1) is 15.4. The highest BCUT2D eigenvalue weighted by atomic mass is 35.5. The highest BCUT2D eigenvalue weighted by Gasteiger charge is 2.16. The summed E-state index contributed by atoms with van der Waals surface area (Å²) in [6.45, 7) is 7.45. The van der Waals surface area contributed by atoms with Crippen LogP contribution in [0.25, 0.3) is 0 Å². The van der Waals surface area contributed by atoms with E-state index < -0.39 is 6.04 Å². The van der Waals surface area contributed by atoms with Gasteiger partial charge in [-0.05, 0) is 31.9 Å². The maximum atomic E-state index is 13.5. The third-order valence-electron chi connectivity index (χ3n) is 2.26. The summed E-state index contributed by atoms with van der Waals surface area (Å²) in [5.41, 5.74) is 8.02. The lowest BCUT2D eigenvalue weighted by Crippen LogP contribution is -2.13. The molecule has 0 aromatic heterocycles. The smallest absolute Gasteiger partial charge is 0.129 e. The molecule has 0 heterocycles. The molecule has 0 spiro atoms. The van der Waals surface area contributed by atoms with E-state index in [0.29, 0.717) is 17.0 Å². The molecule has 0 aliphatic heterocycles. The van der Waals surface area contributed by atoms with Crippen molar-refractivity contribution in [3.05, 3.63) is 46.3 Å². The minimum atomic E-state index is -0.421. The Morgan fingerprint density at radius 3 is 2.62 bits per heavy atom. The number of hydrogen-bond donors (Lipinski definition) is 1. The second-order valence-electron chi connectivity index (χ2n) is 3.86. The Balaban J connectivity index is 0.00000225. The predicted molar refractivity (Wildman–Crippen MR) is 69.8 cm³/mol. The molecule has 90 valence electrons. The lowest BCUT2D eigenvalue weighted by atomic mass is 9.99. The van der Waals surface area contributed by atoms with E-state index in [-0.39, 0.29) is 18.2 Å². The van der Waals surface area contributed by atoms with E-state index >= 15 is 0 Å². The van der Waals surface area contributed by atoms with Crippen LogP contribution in [0, 0.1) is 12.7 Å². The van der Waals surface area contributed by atoms with Crippen molar-refractivity contribution >= 4 is 24.0 Å². The van der Waals surface area contributed by atoms with E-state index in [1.165, 1.54) is 6.07 Å². The molecule has 0 saturated carbocycles. The van der Waals surface area contributed by atoms with Gasteiger partial charge in [-0.1, -0.05) is 23.2 Å². The molecule has 1 aromatic rings. The van der Waals surface area contributed by atoms with E-state index in [1.54, 1.807) is 6.07 Å². The third-order valence-corrected chi connectivity index (χ3v) is 2.76. The van der Waals surface area contributed by atoms with Crippen molar-refractivity contribution in [1.29, 1.82) is 0 Å². The topological polar surface area (TPSA) is 26.0 Å². The molecule has 1 atom stereocenters. The fraction of sp³-hybridized carbons (Fsp3) is 0.333. The van der Waals surface area contributed by atoms with Crippen LogP contribution in [0.2, 0.25) is 5.02 Å². The maximum Gasteiger partial charge on any atom is 0.129 e. The zero-order chi connectivity index (χ0) is 11.6. The molecule has 1 aromatic carbocycles. The second kappa shape index (κ2) is 6.24. The van der Waals surface area contributed by atoms with Crippen LogP contribution in [-0.2, 0) is 0 Å². The van der Waals surface area contributed by atoms with Crippen molar-refractivity contribution < 1.29 is 4.39 Å². The van der Waals surface area contributed by atoms with Crippen LogP contribution in [0.5, 0.6) is 0 Å². The highest BCUT2D eigenvalue weighted by Crippen LogP contribution is 2.30. The van der Waals surface area contributed by atoms with Gasteiger partial charge in [0, 0.05) is 11.6 Å². The summed E-state index contributed by atoms with van der Waals surface area (Å²) in [5, 5.41) is 0.420. The molecule has 0 aliphatic rings. The van der Waals surface area contributed by atoms with Gasteiger partial charge in [0.05, 0.1) is 5.02 Å². The van der Waals surface area contributed by atoms with Crippen LogP contribution in [-0.4, -0.2) is 0 Å². The lowest BCUT2D eigenvalue weighted by Gasteiger charge is -2.15. The first-order chi connectivity index (χ1) is 6.93. The number of halogens is 3. The molecular weight excluding hydrogens is 248 g/mol. The summed E-state index contributed by atoms with van der Waals surface area (Å²) in [5.74, 6) is -0.348. The summed E-state index contributed by atoms with van der Waals surface area (Å²) in [6, 6.07) is 2.62. The molecule has 1 nitrogen and oxygen atoms in total. The second-order valence-corrected chi connectivity index (χ2v) is 4.24. The van der Waals surface area contributed by atoms with Gasteiger partial charge in [-0.3, -0.25) is 0 Å². The van der Waals surface area contributed by atoms with Crippen molar-refractivity contribution in [3.63, 3.8) is 0 Å². The number of aryl methyl sites for hydroxylation is 1. The van der Waals surface area contributed by atoms with Gasteiger partial charge in [-0.15, -0.1) is 19.0 Å². The molecule has 0 amide bonds. The van der Waals surface area contributed by atoms with Crippen molar-refractivity contribution in [3.8, 4) is 0 Å². The van der Waals surface area contributed by atoms with E-state index in [1.807, 2.05) is 13.8 Å². The van der Waals surface area contributed by atoms with Gasteiger partial charge in [-0.25, -0.2) is 4.39 Å². The molecule has 0 radical (unpaired) electrons. The van der Waals surface area contributed by atoms with E-state index in [9.17, 15) is 4.39 Å². The van der Waals surface area contributed by atoms with Crippen LogP contribution in [0.3, 0.4) is 0 Å². The molecule has 0 bridgehead atoms. The average molecular weight is 264 g/mol. The minimum Gasteiger partial charge on any atom is -0.324 e. The summed E-state index contributed by atoms with van der Waals surface area (Å²) in [7, 11) is 0. The third kappa shape index (κ3) is 3.48. The Morgan fingerprint density at radius 2 is 2.12 bits per heavy atom. The van der Waals surface area contributed by atoms with Gasteiger partial charge in [0.15, 0.2) is 0 Å². The van der Waals surface area contributed by atoms with Gasteiger partial charge in [0.2, 0.25) is 0 Å². The summed E-state index contributed by atoms with van der Waals surface area (Å²) in [4.78, 5) is 0. The van der Waals surface area contributed by atoms with Crippen LogP contribution in [0.15, 0.2) is 24.3 Å². The lowest BCUT2D eigenvalue weighted by molar-refractivity contribution is 0.579. The first-order valence-electron chi connectivity index (χ1n) is 4.78. The zero-order valence-corrected chi connectivity index (χ0v) is 11.0. The van der Waals surface area contributed by atoms with Crippen molar-refractivity contribution in [1.82, 2.24) is 0 Å². The summed E-state index contributed by atoms with van der Waals surface area (Å²) in [6.07, 6.45) is 0.542. The molecule has 0 saturated heterocycles. The predicted octanol–water partition coefficient (Wildman–Crippen LogP) is 4.18. The van der Waals surface area contributed by atoms with Gasteiger partial charge in [0.25, 0.3) is 0 Å². The molecule has 1 rings (SSSR count). The molecule has 0 aliphatic carbocycles. The molecule has 0 fully saturated rings. The van der Waals surface area contributed by atoms with Crippen LogP contribution >= 0.6 is 24.0 Å². The molecule has 4 heteroatoms. The normalized spacial score (nSPS) is 11.8. The summed E-state index contributed by atoms with van der Waals surface area (Å²) < 4.78 is 13.5. The minimum absolute atomic E-state index is 0. The van der Waals surface area contributed by atoms with E-state index in [0.717, 1.165) is 11.1 Å². The number of rotatable bonds is 3. The van der Waals surface area contributed by atoms with Crippen molar-refractivity contribution in [2.24, 2.45) is 5.73 Å². The van der Waals surface area contributed by atoms with Gasteiger partial charge in [0.1, 0.15) is 5.82 Å². The molecule has 0 unspecified atom stereocenters. The number of nitrogens with two attached hydrogens (primary N) is 1. The molecule has 2 N–H and O–H groups in total. The van der Waals surface area contributed by atoms with Crippen LogP contribution in [0.4, 0.5) is 4.39 Å². The maximum absolute atomic E-state index is 13.5. The SMILES string of the molecule is C=C(C)C[C@@H](N)c1c(F)ccc(C)c1Cl.Cl. The van der Waals surface area contributed by atoms with E-state index in [4.69, 9.17) is 17.3 Å². The molecule has 16 heavy (non-hydrogen) atoms. The number of benzene rings is 1. The van der Waals surface area contributed by atoms with Crippen molar-refractivity contribution in [2.45, 2.75) is 26.3 Å². The van der Waals surface area contributed by atoms with Crippen LogP contribution in [0.1, 0.15) is 30.5 Å². The fourth-order valence-corrected chi connectivity index (χ4v) is 1.79. The first-order valence-corrected chi connectivity index (χ1v) is 5.15. The standard InChI is InChI=1S/C12H15ClFN.ClH/c1-7(2)6-10(15)11-9(14)5-4-8(3)12(11)13;/h4-5,10H,1,6,15H2,2-3H3;1H/t10-;/m1./s1. The van der Waals surface area contributed by atoms with Crippen LogP contribution < -0.4 is 5.73 Å². The van der Waals surface area contributed by atoms with Gasteiger partial charge < -0.3 is 5.73 Å².